The van der Waals surface area contributed by atoms with Crippen LogP contribution in [0.1, 0.15) is 17.4 Å². The van der Waals surface area contributed by atoms with Gasteiger partial charge in [-0.25, -0.2) is 4.79 Å². The Morgan fingerprint density at radius 1 is 1.10 bits per heavy atom. The maximum absolute atomic E-state index is 12.6. The van der Waals surface area contributed by atoms with Crippen LogP contribution in [0.15, 0.2) is 59.4 Å². The van der Waals surface area contributed by atoms with Gasteiger partial charge < -0.3 is 14.8 Å². The van der Waals surface area contributed by atoms with Crippen LogP contribution in [0.25, 0.3) is 5.69 Å². The molecule has 31 heavy (non-hydrogen) atoms. The Labute approximate surface area is 187 Å². The van der Waals surface area contributed by atoms with E-state index in [4.69, 9.17) is 32.7 Å². The SMILES string of the molecule is CCOC(=O)c1nn(-c2ccccc2Cl)c(=O)cc1OCC(=O)Nc1ccc(Cl)cc1. The monoisotopic (exact) mass is 461 g/mol. The van der Waals surface area contributed by atoms with Crippen LogP contribution in [-0.4, -0.2) is 34.9 Å². The van der Waals surface area contributed by atoms with E-state index in [-0.39, 0.29) is 28.8 Å². The van der Waals surface area contributed by atoms with Gasteiger partial charge in [0, 0.05) is 10.7 Å². The number of carbonyl (C=O) groups excluding carboxylic acids is 2. The van der Waals surface area contributed by atoms with Crippen LogP contribution in [-0.2, 0) is 9.53 Å². The average Bonchev–Trinajstić information content (AvgIpc) is 2.75. The molecule has 0 saturated heterocycles. The van der Waals surface area contributed by atoms with Gasteiger partial charge in [-0.15, -0.1) is 0 Å². The minimum Gasteiger partial charge on any atom is -0.481 e. The number of halogens is 2. The van der Waals surface area contributed by atoms with E-state index in [0.717, 1.165) is 10.7 Å². The van der Waals surface area contributed by atoms with Crippen LogP contribution in [0, 0.1) is 0 Å². The van der Waals surface area contributed by atoms with Gasteiger partial charge in [-0.05, 0) is 43.3 Å². The topological polar surface area (TPSA) is 99.5 Å². The molecule has 0 aliphatic carbocycles. The van der Waals surface area contributed by atoms with Crippen LogP contribution < -0.4 is 15.6 Å². The Morgan fingerprint density at radius 3 is 2.48 bits per heavy atom. The predicted octanol–water partition coefficient (Wildman–Crippen LogP) is 3.73. The summed E-state index contributed by atoms with van der Waals surface area (Å²) in [5.41, 5.74) is -0.0717. The summed E-state index contributed by atoms with van der Waals surface area (Å²) in [4.78, 5) is 37.2. The third kappa shape index (κ3) is 5.62. The van der Waals surface area contributed by atoms with Crippen molar-refractivity contribution in [3.8, 4) is 11.4 Å². The van der Waals surface area contributed by atoms with Gasteiger partial charge in [-0.3, -0.25) is 9.59 Å². The van der Waals surface area contributed by atoms with Crippen molar-refractivity contribution < 1.29 is 19.1 Å². The van der Waals surface area contributed by atoms with Crippen molar-refractivity contribution in [2.75, 3.05) is 18.5 Å². The summed E-state index contributed by atoms with van der Waals surface area (Å²) in [5.74, 6) is -1.50. The van der Waals surface area contributed by atoms with Crippen molar-refractivity contribution in [3.05, 3.63) is 80.7 Å². The number of nitrogens with one attached hydrogen (secondary N) is 1. The molecule has 0 atom stereocenters. The molecule has 0 fully saturated rings. The Bertz CT molecular complexity index is 1160. The number of ether oxygens (including phenoxy) is 2. The largest absolute Gasteiger partial charge is 0.481 e. The Kier molecular flexibility index (Phi) is 7.28. The molecular weight excluding hydrogens is 445 g/mol. The van der Waals surface area contributed by atoms with Crippen LogP contribution in [0.5, 0.6) is 5.75 Å². The number of anilines is 1. The number of rotatable bonds is 7. The summed E-state index contributed by atoms with van der Waals surface area (Å²) in [5, 5.41) is 7.47. The number of carbonyl (C=O) groups is 2. The van der Waals surface area contributed by atoms with E-state index >= 15 is 0 Å². The smallest absolute Gasteiger partial charge is 0.362 e. The molecular formula is C21H17Cl2N3O5. The zero-order chi connectivity index (χ0) is 22.4. The van der Waals surface area contributed by atoms with Crippen molar-refractivity contribution >= 4 is 40.8 Å². The van der Waals surface area contributed by atoms with Gasteiger partial charge in [-0.2, -0.15) is 9.78 Å². The highest BCUT2D eigenvalue weighted by Gasteiger charge is 2.21. The first-order valence-corrected chi connectivity index (χ1v) is 9.89. The first-order chi connectivity index (χ1) is 14.9. The van der Waals surface area contributed by atoms with Gasteiger partial charge in [0.2, 0.25) is 5.69 Å². The standard InChI is InChI=1S/C21H17Cl2N3O5/c1-2-30-21(29)20-17(31-12-18(27)24-14-9-7-13(22)8-10-14)11-19(28)26(25-20)16-6-4-3-5-15(16)23/h3-11H,2,12H2,1H3,(H,24,27). The highest BCUT2D eigenvalue weighted by molar-refractivity contribution is 6.32. The quantitative estimate of drug-likeness (QED) is 0.538. The van der Waals surface area contributed by atoms with Gasteiger partial charge in [0.1, 0.15) is 0 Å². The summed E-state index contributed by atoms with van der Waals surface area (Å²) in [6.07, 6.45) is 0. The second kappa shape index (κ2) is 10.1. The molecule has 160 valence electrons. The van der Waals surface area contributed by atoms with Crippen molar-refractivity contribution in [1.29, 1.82) is 0 Å². The number of aromatic nitrogens is 2. The van der Waals surface area contributed by atoms with Crippen LogP contribution in [0.2, 0.25) is 10.0 Å². The average molecular weight is 462 g/mol. The number of nitrogens with zero attached hydrogens (tertiary/aromatic N) is 2. The molecule has 0 saturated carbocycles. The molecule has 3 rings (SSSR count). The Hall–Kier alpha value is -3.36. The van der Waals surface area contributed by atoms with Gasteiger partial charge in [0.15, 0.2) is 12.4 Å². The fourth-order valence-corrected chi connectivity index (χ4v) is 2.90. The summed E-state index contributed by atoms with van der Waals surface area (Å²) < 4.78 is 11.4. The zero-order valence-corrected chi connectivity index (χ0v) is 17.8. The van der Waals surface area contributed by atoms with Gasteiger partial charge >= 0.3 is 5.97 Å². The van der Waals surface area contributed by atoms with Crippen LogP contribution >= 0.6 is 23.2 Å². The van der Waals surface area contributed by atoms with E-state index < -0.39 is 24.0 Å². The molecule has 0 radical (unpaired) electrons. The molecule has 1 amide bonds. The summed E-state index contributed by atoms with van der Waals surface area (Å²) >= 11 is 12.0. The van der Waals surface area contributed by atoms with E-state index in [0.29, 0.717) is 10.7 Å². The molecule has 0 bridgehead atoms. The third-order valence-corrected chi connectivity index (χ3v) is 4.50. The molecule has 0 aliphatic rings. The number of para-hydroxylation sites is 1. The van der Waals surface area contributed by atoms with Gasteiger partial charge in [0.05, 0.1) is 23.4 Å². The van der Waals surface area contributed by atoms with Crippen molar-refractivity contribution in [2.45, 2.75) is 6.92 Å². The third-order valence-electron chi connectivity index (χ3n) is 3.93. The lowest BCUT2D eigenvalue weighted by molar-refractivity contribution is -0.118. The summed E-state index contributed by atoms with van der Waals surface area (Å²) in [6, 6.07) is 14.1. The lowest BCUT2D eigenvalue weighted by Crippen LogP contribution is -2.27. The zero-order valence-electron chi connectivity index (χ0n) is 16.3. The number of hydrogen-bond acceptors (Lipinski definition) is 6. The normalized spacial score (nSPS) is 10.4. The number of benzene rings is 2. The van der Waals surface area contributed by atoms with Crippen LogP contribution in [0.3, 0.4) is 0 Å². The number of hydrogen-bond donors (Lipinski definition) is 1. The van der Waals surface area contributed by atoms with Crippen molar-refractivity contribution in [2.24, 2.45) is 0 Å². The fraction of sp³-hybridized carbons (Fsp3) is 0.143. The van der Waals surface area contributed by atoms with E-state index in [1.165, 1.54) is 0 Å². The summed E-state index contributed by atoms with van der Waals surface area (Å²) in [7, 11) is 0. The second-order valence-electron chi connectivity index (χ2n) is 6.12. The second-order valence-corrected chi connectivity index (χ2v) is 6.97. The molecule has 2 aromatic carbocycles. The molecule has 1 heterocycles. The summed E-state index contributed by atoms with van der Waals surface area (Å²) in [6.45, 7) is 1.25. The minimum absolute atomic E-state index is 0.0855. The number of esters is 1. The van der Waals surface area contributed by atoms with Crippen LogP contribution in [0.4, 0.5) is 5.69 Å². The van der Waals surface area contributed by atoms with Gasteiger partial charge in [-0.1, -0.05) is 35.3 Å². The highest BCUT2D eigenvalue weighted by Crippen LogP contribution is 2.21. The molecule has 1 aromatic heterocycles. The molecule has 0 unspecified atom stereocenters. The fourth-order valence-electron chi connectivity index (χ4n) is 2.56. The highest BCUT2D eigenvalue weighted by atomic mass is 35.5. The van der Waals surface area contributed by atoms with E-state index in [1.54, 1.807) is 55.5 Å². The van der Waals surface area contributed by atoms with E-state index in [1.807, 2.05) is 0 Å². The van der Waals surface area contributed by atoms with E-state index in [2.05, 4.69) is 10.4 Å². The first kappa shape index (κ1) is 22.3. The molecule has 10 heteroatoms. The van der Waals surface area contributed by atoms with Crippen molar-refractivity contribution in [1.82, 2.24) is 9.78 Å². The van der Waals surface area contributed by atoms with E-state index in [9.17, 15) is 14.4 Å². The lowest BCUT2D eigenvalue weighted by atomic mass is 10.3. The molecule has 0 spiro atoms. The predicted molar refractivity (Wildman–Crippen MR) is 116 cm³/mol. The molecule has 3 aromatic rings. The van der Waals surface area contributed by atoms with Crippen molar-refractivity contribution in [3.63, 3.8) is 0 Å². The Morgan fingerprint density at radius 2 is 1.81 bits per heavy atom. The first-order valence-electron chi connectivity index (χ1n) is 9.13. The maximum Gasteiger partial charge on any atom is 0.362 e. The number of amides is 1. The molecule has 1 N–H and O–H groups in total. The lowest BCUT2D eigenvalue weighted by Gasteiger charge is -2.13. The maximum atomic E-state index is 12.6. The minimum atomic E-state index is -0.809. The molecule has 8 nitrogen and oxygen atoms in total. The van der Waals surface area contributed by atoms with Gasteiger partial charge in [0.25, 0.3) is 11.5 Å². The molecule has 0 aliphatic heterocycles. The Balaban J connectivity index is 1.86.